The molecule has 6 heteroatoms. The number of piperidine rings is 1. The molecule has 0 atom stereocenters. The summed E-state index contributed by atoms with van der Waals surface area (Å²) in [5.41, 5.74) is 1.87. The quantitative estimate of drug-likeness (QED) is 0.774. The van der Waals surface area contributed by atoms with Gasteiger partial charge in [-0.3, -0.25) is 9.59 Å². The second kappa shape index (κ2) is 8.09. The molecule has 158 valence electrons. The van der Waals surface area contributed by atoms with Crippen LogP contribution in [0.2, 0.25) is 0 Å². The molecule has 2 aromatic rings. The molecule has 2 heterocycles. The van der Waals surface area contributed by atoms with Gasteiger partial charge in [0.2, 0.25) is 5.91 Å². The summed E-state index contributed by atoms with van der Waals surface area (Å²) in [5.74, 6) is -0.171. The molecule has 0 aromatic heterocycles. The summed E-state index contributed by atoms with van der Waals surface area (Å²) in [7, 11) is 3.87. The van der Waals surface area contributed by atoms with Crippen LogP contribution >= 0.6 is 0 Å². The van der Waals surface area contributed by atoms with Gasteiger partial charge in [0.15, 0.2) is 0 Å². The van der Waals surface area contributed by atoms with Gasteiger partial charge in [-0.25, -0.2) is 4.39 Å². The van der Waals surface area contributed by atoms with Crippen LogP contribution in [0, 0.1) is 5.82 Å². The van der Waals surface area contributed by atoms with Gasteiger partial charge in [0, 0.05) is 56.9 Å². The van der Waals surface area contributed by atoms with Crippen LogP contribution in [0.1, 0.15) is 41.6 Å². The molecular formula is C24H28FN3O2. The minimum atomic E-state index is -0.281. The first kappa shape index (κ1) is 20.4. The van der Waals surface area contributed by atoms with Crippen LogP contribution in [0.3, 0.4) is 0 Å². The minimum absolute atomic E-state index is 0.0270. The number of anilines is 1. The Labute approximate surface area is 177 Å². The van der Waals surface area contributed by atoms with Crippen LogP contribution in [0.5, 0.6) is 0 Å². The van der Waals surface area contributed by atoms with Crippen molar-refractivity contribution in [2.45, 2.75) is 37.8 Å². The van der Waals surface area contributed by atoms with E-state index >= 15 is 0 Å². The lowest BCUT2D eigenvalue weighted by Crippen LogP contribution is -2.54. The number of rotatable bonds is 4. The maximum atomic E-state index is 14.2. The Morgan fingerprint density at radius 2 is 1.70 bits per heavy atom. The largest absolute Gasteiger partial charge is 0.377 e. The van der Waals surface area contributed by atoms with E-state index in [2.05, 4.69) is 0 Å². The van der Waals surface area contributed by atoms with Gasteiger partial charge < -0.3 is 14.7 Å². The molecule has 0 N–H and O–H groups in total. The lowest BCUT2D eigenvalue weighted by molar-refractivity contribution is -0.133. The number of hydrogen-bond donors (Lipinski definition) is 0. The van der Waals surface area contributed by atoms with Gasteiger partial charge >= 0.3 is 0 Å². The average molecular weight is 410 g/mol. The van der Waals surface area contributed by atoms with E-state index in [4.69, 9.17) is 0 Å². The number of carbonyl (C=O) groups is 2. The third-order valence-corrected chi connectivity index (χ3v) is 6.56. The van der Waals surface area contributed by atoms with E-state index in [0.717, 1.165) is 24.9 Å². The standard InChI is InChI=1S/C24H28FN3O2/c1-26(2)21-10-6-4-8-19(21)23(30)27-15-13-24(14-16-27)12-11-22(29)28(24)17-18-7-3-5-9-20(18)25/h3-10H,11-17H2,1-2H3. The molecule has 0 bridgehead atoms. The van der Waals surface area contributed by atoms with Gasteiger partial charge in [0.25, 0.3) is 5.91 Å². The highest BCUT2D eigenvalue weighted by Gasteiger charge is 2.47. The van der Waals surface area contributed by atoms with Crippen LogP contribution in [0.4, 0.5) is 10.1 Å². The monoisotopic (exact) mass is 409 g/mol. The maximum Gasteiger partial charge on any atom is 0.255 e. The zero-order valence-corrected chi connectivity index (χ0v) is 17.6. The molecular weight excluding hydrogens is 381 g/mol. The van der Waals surface area contributed by atoms with Crippen molar-refractivity contribution in [2.75, 3.05) is 32.1 Å². The van der Waals surface area contributed by atoms with Crippen molar-refractivity contribution in [3.8, 4) is 0 Å². The normalized spacial score (nSPS) is 18.2. The van der Waals surface area contributed by atoms with Crippen molar-refractivity contribution >= 4 is 17.5 Å². The van der Waals surface area contributed by atoms with Gasteiger partial charge in [-0.15, -0.1) is 0 Å². The number of halogens is 1. The first-order chi connectivity index (χ1) is 14.4. The molecule has 1 spiro atoms. The lowest BCUT2D eigenvalue weighted by atomic mass is 9.84. The zero-order valence-electron chi connectivity index (χ0n) is 17.6. The Bertz CT molecular complexity index is 951. The molecule has 4 rings (SSSR count). The number of hydrogen-bond acceptors (Lipinski definition) is 3. The van der Waals surface area contributed by atoms with E-state index in [1.807, 2.05) is 53.1 Å². The predicted octanol–water partition coefficient (Wildman–Crippen LogP) is 3.69. The van der Waals surface area contributed by atoms with Crippen molar-refractivity contribution in [2.24, 2.45) is 0 Å². The molecule has 0 radical (unpaired) electrons. The molecule has 2 aliphatic heterocycles. The third kappa shape index (κ3) is 3.66. The Morgan fingerprint density at radius 1 is 1.03 bits per heavy atom. The van der Waals surface area contributed by atoms with Gasteiger partial charge in [0.05, 0.1) is 5.56 Å². The number of nitrogens with zero attached hydrogens (tertiary/aromatic N) is 3. The Balaban J connectivity index is 1.49. The molecule has 30 heavy (non-hydrogen) atoms. The van der Waals surface area contributed by atoms with E-state index < -0.39 is 0 Å². The van der Waals surface area contributed by atoms with Crippen LogP contribution in [-0.4, -0.2) is 54.3 Å². The second-order valence-electron chi connectivity index (χ2n) is 8.50. The SMILES string of the molecule is CN(C)c1ccccc1C(=O)N1CCC2(CCC(=O)N2Cc2ccccc2F)CC1. The Morgan fingerprint density at radius 3 is 2.40 bits per heavy atom. The number of likely N-dealkylation sites (tertiary alicyclic amines) is 2. The molecule has 5 nitrogen and oxygen atoms in total. The van der Waals surface area contributed by atoms with E-state index in [0.29, 0.717) is 37.2 Å². The summed E-state index contributed by atoms with van der Waals surface area (Å²) >= 11 is 0. The number of para-hydroxylation sites is 1. The summed E-state index contributed by atoms with van der Waals surface area (Å²) in [5, 5.41) is 0. The van der Waals surface area contributed by atoms with Gasteiger partial charge in [-0.1, -0.05) is 30.3 Å². The maximum absolute atomic E-state index is 14.2. The van der Waals surface area contributed by atoms with Crippen LogP contribution in [0.25, 0.3) is 0 Å². The average Bonchev–Trinajstić information content (AvgIpc) is 3.05. The molecule has 2 aliphatic rings. The Kier molecular flexibility index (Phi) is 5.50. The second-order valence-corrected chi connectivity index (χ2v) is 8.50. The Hall–Kier alpha value is -2.89. The fourth-order valence-electron chi connectivity index (χ4n) is 4.79. The van der Waals surface area contributed by atoms with Gasteiger partial charge in [-0.05, 0) is 37.5 Å². The molecule has 0 aliphatic carbocycles. The highest BCUT2D eigenvalue weighted by Crippen LogP contribution is 2.40. The topological polar surface area (TPSA) is 43.9 Å². The molecule has 2 amide bonds. The molecule has 2 fully saturated rings. The highest BCUT2D eigenvalue weighted by atomic mass is 19.1. The van der Waals surface area contributed by atoms with Crippen LogP contribution < -0.4 is 4.90 Å². The number of benzene rings is 2. The van der Waals surface area contributed by atoms with Crippen LogP contribution in [-0.2, 0) is 11.3 Å². The highest BCUT2D eigenvalue weighted by molar-refractivity contribution is 5.99. The van der Waals surface area contributed by atoms with Gasteiger partial charge in [-0.2, -0.15) is 0 Å². The molecule has 2 saturated heterocycles. The summed E-state index contributed by atoms with van der Waals surface area (Å²) < 4.78 is 14.2. The van der Waals surface area contributed by atoms with E-state index in [1.54, 1.807) is 18.2 Å². The van der Waals surface area contributed by atoms with Crippen molar-refractivity contribution in [3.05, 3.63) is 65.5 Å². The van der Waals surface area contributed by atoms with E-state index in [-0.39, 0.29) is 23.2 Å². The molecule has 0 unspecified atom stereocenters. The summed E-state index contributed by atoms with van der Waals surface area (Å²) in [6.07, 6.45) is 2.72. The number of amides is 2. The first-order valence-electron chi connectivity index (χ1n) is 10.5. The van der Waals surface area contributed by atoms with Crippen LogP contribution in [0.15, 0.2) is 48.5 Å². The third-order valence-electron chi connectivity index (χ3n) is 6.56. The fourth-order valence-corrected chi connectivity index (χ4v) is 4.79. The fraction of sp³-hybridized carbons (Fsp3) is 0.417. The predicted molar refractivity (Wildman–Crippen MR) is 115 cm³/mol. The lowest BCUT2D eigenvalue weighted by Gasteiger charge is -2.45. The summed E-state index contributed by atoms with van der Waals surface area (Å²) in [4.78, 5) is 31.5. The van der Waals surface area contributed by atoms with Gasteiger partial charge in [0.1, 0.15) is 5.82 Å². The minimum Gasteiger partial charge on any atom is -0.377 e. The van der Waals surface area contributed by atoms with E-state index in [1.165, 1.54) is 6.07 Å². The van der Waals surface area contributed by atoms with Crippen molar-refractivity contribution in [1.29, 1.82) is 0 Å². The van der Waals surface area contributed by atoms with Crippen molar-refractivity contribution in [1.82, 2.24) is 9.80 Å². The smallest absolute Gasteiger partial charge is 0.255 e. The summed E-state index contributed by atoms with van der Waals surface area (Å²) in [6.45, 7) is 1.49. The summed E-state index contributed by atoms with van der Waals surface area (Å²) in [6, 6.07) is 14.3. The zero-order chi connectivity index (χ0) is 21.3. The first-order valence-corrected chi connectivity index (χ1v) is 10.5. The molecule has 2 aromatic carbocycles. The van der Waals surface area contributed by atoms with Crippen molar-refractivity contribution < 1.29 is 14.0 Å². The number of carbonyl (C=O) groups excluding carboxylic acids is 2. The molecule has 0 saturated carbocycles. The van der Waals surface area contributed by atoms with Crippen molar-refractivity contribution in [3.63, 3.8) is 0 Å². The van der Waals surface area contributed by atoms with E-state index in [9.17, 15) is 14.0 Å².